The molecule has 3 unspecified atom stereocenters. The SMILES string of the molecule is CCCCC/C=C\C/C=C\C/C=C\C/C=C\CCCCCCCCCCCC(=O)OC(/C=C/CCCCCCCCCCC)C(COP(=O)([O-])OCC[N+](C)(C)C)NC(=O)CCCCCCC/C=C\C/C=C\C/C=C\C/C=C\CCCCC. The summed E-state index contributed by atoms with van der Waals surface area (Å²) in [6.07, 6.45) is 84.9. The molecule has 0 saturated carbocycles. The molecule has 0 aromatic heterocycles. The van der Waals surface area contributed by atoms with E-state index in [1.165, 1.54) is 128 Å². The third kappa shape index (κ3) is 63.0. The van der Waals surface area contributed by atoms with Crippen molar-refractivity contribution >= 4 is 19.7 Å². The number of hydrogen-bond acceptors (Lipinski definition) is 7. The zero-order chi connectivity index (χ0) is 60.7. The zero-order valence-corrected chi connectivity index (χ0v) is 55.5. The molecular weight excluding hydrogens is 1050 g/mol. The average molecular weight is 1180 g/mol. The molecule has 9 nitrogen and oxygen atoms in total. The van der Waals surface area contributed by atoms with Gasteiger partial charge in [0.05, 0.1) is 33.8 Å². The van der Waals surface area contributed by atoms with E-state index in [0.29, 0.717) is 17.4 Å². The lowest BCUT2D eigenvalue weighted by atomic mass is 10.1. The highest BCUT2D eigenvalue weighted by Crippen LogP contribution is 2.38. The zero-order valence-electron chi connectivity index (χ0n) is 54.6. The number of phosphoric ester groups is 1. The predicted octanol–water partition coefficient (Wildman–Crippen LogP) is 21.0. The minimum atomic E-state index is -4.72. The molecule has 0 saturated heterocycles. The molecule has 0 aliphatic rings. The number of ether oxygens (including phenoxy) is 1. The molecule has 0 rings (SSSR count). The topological polar surface area (TPSA) is 114 Å². The maximum absolute atomic E-state index is 13.6. The summed E-state index contributed by atoms with van der Waals surface area (Å²) < 4.78 is 30.4. The summed E-state index contributed by atoms with van der Waals surface area (Å²) in [5, 5.41) is 3.02. The van der Waals surface area contributed by atoms with Crippen LogP contribution in [0, 0.1) is 0 Å². The minimum absolute atomic E-state index is 0.0325. The number of esters is 1. The second-order valence-corrected chi connectivity index (χ2v) is 25.4. The quantitative estimate of drug-likeness (QED) is 0.0212. The molecule has 1 amide bonds. The fourth-order valence-electron chi connectivity index (χ4n) is 9.37. The third-order valence-electron chi connectivity index (χ3n) is 14.7. The van der Waals surface area contributed by atoms with Crippen LogP contribution in [-0.2, 0) is 27.9 Å². The highest BCUT2D eigenvalue weighted by atomic mass is 31.2. The van der Waals surface area contributed by atoms with Gasteiger partial charge >= 0.3 is 5.97 Å². The van der Waals surface area contributed by atoms with Crippen LogP contribution in [0.5, 0.6) is 0 Å². The molecule has 0 aliphatic heterocycles. The highest BCUT2D eigenvalue weighted by molar-refractivity contribution is 7.45. The van der Waals surface area contributed by atoms with Crippen molar-refractivity contribution < 1.29 is 37.3 Å². The summed E-state index contributed by atoms with van der Waals surface area (Å²) in [6.45, 7) is 6.77. The standard InChI is InChI=1S/C73H129N2O7P/c1-7-10-13-16-19-22-25-27-29-31-33-35-36-37-38-40-42-44-46-48-51-54-57-60-63-66-73(77)82-71(64-61-58-55-52-49-24-21-18-15-12-9-3)70(69-81-83(78,79)80-68-67-75(4,5)6)74-72(76)65-62-59-56-53-50-47-45-43-41-39-34-32-30-28-26-23-20-17-14-11-8-2/h19-20,22-23,27-30,33-35,37-39,43,45,61,64,70-71H,7-18,21,24-26,31-32,36,40-42,44,46-60,62-63,65-69H2,1-6H3,(H-,74,76,78,79)/b22-19-,23-20-,29-27-,30-28-,35-33-,38-37-,39-34-,45-43-,64-61+. The summed E-state index contributed by atoms with van der Waals surface area (Å²) in [4.78, 5) is 40.1. The number of phosphoric acid groups is 1. The van der Waals surface area contributed by atoms with Gasteiger partial charge in [-0.05, 0) is 122 Å². The van der Waals surface area contributed by atoms with Crippen LogP contribution < -0.4 is 10.2 Å². The second-order valence-electron chi connectivity index (χ2n) is 24.0. The van der Waals surface area contributed by atoms with Gasteiger partial charge in [-0.25, -0.2) is 0 Å². The lowest BCUT2D eigenvalue weighted by Gasteiger charge is -2.30. The van der Waals surface area contributed by atoms with Gasteiger partial charge in [-0.1, -0.05) is 265 Å². The van der Waals surface area contributed by atoms with Crippen molar-refractivity contribution in [3.63, 3.8) is 0 Å². The van der Waals surface area contributed by atoms with Gasteiger partial charge in [0.1, 0.15) is 19.3 Å². The first-order valence-corrected chi connectivity index (χ1v) is 35.7. The molecule has 0 fully saturated rings. The van der Waals surface area contributed by atoms with Crippen LogP contribution in [-0.4, -0.2) is 69.4 Å². The Balaban J connectivity index is 5.15. The van der Waals surface area contributed by atoms with Crippen molar-refractivity contribution in [2.24, 2.45) is 0 Å². The van der Waals surface area contributed by atoms with Gasteiger partial charge in [0, 0.05) is 12.8 Å². The van der Waals surface area contributed by atoms with E-state index in [4.69, 9.17) is 13.8 Å². The van der Waals surface area contributed by atoms with Gasteiger partial charge in [0.25, 0.3) is 7.82 Å². The Bertz CT molecular complexity index is 1790. The van der Waals surface area contributed by atoms with E-state index in [9.17, 15) is 19.0 Å². The third-order valence-corrected chi connectivity index (χ3v) is 15.6. The van der Waals surface area contributed by atoms with Crippen LogP contribution in [0.25, 0.3) is 0 Å². The van der Waals surface area contributed by atoms with E-state index in [1.54, 1.807) is 0 Å². The normalized spacial score (nSPS) is 14.3. The molecule has 0 radical (unpaired) electrons. The van der Waals surface area contributed by atoms with Crippen molar-refractivity contribution in [1.82, 2.24) is 5.32 Å². The molecule has 10 heteroatoms. The number of nitrogens with zero attached hydrogens (tertiary/aromatic N) is 1. The van der Waals surface area contributed by atoms with E-state index >= 15 is 0 Å². The fraction of sp³-hybridized carbons (Fsp3) is 0.726. The van der Waals surface area contributed by atoms with Crippen LogP contribution in [0.2, 0.25) is 0 Å². The molecule has 1 N–H and O–H groups in total. The highest BCUT2D eigenvalue weighted by Gasteiger charge is 2.27. The predicted molar refractivity (Wildman–Crippen MR) is 357 cm³/mol. The van der Waals surface area contributed by atoms with Crippen molar-refractivity contribution in [3.05, 3.63) is 109 Å². The Hall–Kier alpha value is -3.33. The van der Waals surface area contributed by atoms with Crippen molar-refractivity contribution in [1.29, 1.82) is 0 Å². The smallest absolute Gasteiger partial charge is 0.306 e. The van der Waals surface area contributed by atoms with E-state index in [1.807, 2.05) is 33.3 Å². The van der Waals surface area contributed by atoms with Crippen molar-refractivity contribution in [2.75, 3.05) is 40.9 Å². The van der Waals surface area contributed by atoms with Crippen LogP contribution in [0.3, 0.4) is 0 Å². The first-order valence-electron chi connectivity index (χ1n) is 34.2. The van der Waals surface area contributed by atoms with Crippen molar-refractivity contribution in [3.8, 4) is 0 Å². The van der Waals surface area contributed by atoms with Crippen molar-refractivity contribution in [2.45, 2.75) is 303 Å². The molecule has 0 bridgehead atoms. The van der Waals surface area contributed by atoms with E-state index in [2.05, 4.69) is 123 Å². The monoisotopic (exact) mass is 1180 g/mol. The molecular formula is C73H129N2O7P. The number of carbonyl (C=O) groups excluding carboxylic acids is 2. The van der Waals surface area contributed by atoms with Gasteiger partial charge in [-0.3, -0.25) is 14.2 Å². The van der Waals surface area contributed by atoms with Gasteiger partial charge in [0.2, 0.25) is 5.91 Å². The second kappa shape index (κ2) is 61.7. The fourth-order valence-corrected chi connectivity index (χ4v) is 10.1. The Morgan fingerprint density at radius 2 is 0.735 bits per heavy atom. The lowest BCUT2D eigenvalue weighted by Crippen LogP contribution is -2.47. The first kappa shape index (κ1) is 79.7. The summed E-state index contributed by atoms with van der Waals surface area (Å²) >= 11 is 0. The Morgan fingerprint density at radius 1 is 0.422 bits per heavy atom. The molecule has 0 aromatic carbocycles. The van der Waals surface area contributed by atoms with Crippen LogP contribution in [0.4, 0.5) is 0 Å². The summed E-state index contributed by atoms with van der Waals surface area (Å²) in [5.41, 5.74) is 0. The molecule has 0 heterocycles. The minimum Gasteiger partial charge on any atom is -0.756 e. The molecule has 0 aromatic rings. The number of carbonyl (C=O) groups is 2. The van der Waals surface area contributed by atoms with Gasteiger partial charge in [-0.2, -0.15) is 0 Å². The van der Waals surface area contributed by atoms with Gasteiger partial charge in [0.15, 0.2) is 0 Å². The largest absolute Gasteiger partial charge is 0.756 e. The van der Waals surface area contributed by atoms with Gasteiger partial charge < -0.3 is 28.5 Å². The number of hydrogen-bond donors (Lipinski definition) is 1. The number of nitrogens with one attached hydrogen (secondary N) is 1. The number of allylic oxidation sites excluding steroid dienone is 17. The molecule has 0 spiro atoms. The number of likely N-dealkylation sites (N-methyl/N-ethyl adjacent to an activating group) is 1. The number of unbranched alkanes of at least 4 members (excludes halogenated alkanes) is 29. The Kier molecular flexibility index (Phi) is 59.3. The van der Waals surface area contributed by atoms with Crippen LogP contribution in [0.1, 0.15) is 290 Å². The number of quaternary nitrogens is 1. The Labute approximate surface area is 512 Å². The first-order chi connectivity index (χ1) is 40.4. The molecule has 0 aliphatic carbocycles. The molecule has 83 heavy (non-hydrogen) atoms. The van der Waals surface area contributed by atoms with Gasteiger partial charge in [-0.15, -0.1) is 0 Å². The van der Waals surface area contributed by atoms with Crippen LogP contribution in [0.15, 0.2) is 109 Å². The molecule has 3 atom stereocenters. The van der Waals surface area contributed by atoms with Crippen LogP contribution >= 0.6 is 7.82 Å². The number of rotatable bonds is 61. The Morgan fingerprint density at radius 3 is 1.12 bits per heavy atom. The summed E-state index contributed by atoms with van der Waals surface area (Å²) in [7, 11) is 1.16. The van der Waals surface area contributed by atoms with E-state index < -0.39 is 26.6 Å². The number of amides is 1. The summed E-state index contributed by atoms with van der Waals surface area (Å²) in [6, 6.07) is -0.908. The average Bonchev–Trinajstić information content (AvgIpc) is 3.51. The summed E-state index contributed by atoms with van der Waals surface area (Å²) in [5.74, 6) is -0.571. The van der Waals surface area contributed by atoms with E-state index in [0.717, 1.165) is 122 Å². The maximum atomic E-state index is 13.6. The lowest BCUT2D eigenvalue weighted by molar-refractivity contribution is -0.870. The molecule has 478 valence electrons. The maximum Gasteiger partial charge on any atom is 0.306 e. The van der Waals surface area contributed by atoms with E-state index in [-0.39, 0.29) is 31.3 Å².